The third kappa shape index (κ3) is 2.00. The van der Waals surface area contributed by atoms with Crippen LogP contribution in [-0.4, -0.2) is 12.8 Å². The van der Waals surface area contributed by atoms with Crippen LogP contribution >= 0.6 is 0 Å². The Morgan fingerprint density at radius 1 is 1.35 bits per heavy atom. The molecular weight excluding hydrogens is 214 g/mol. The van der Waals surface area contributed by atoms with Crippen molar-refractivity contribution in [1.82, 2.24) is 5.32 Å². The topological polar surface area (TPSA) is 30.5 Å². The number of para-hydroxylation sites is 1. The summed E-state index contributed by atoms with van der Waals surface area (Å²) >= 11 is 0. The van der Waals surface area contributed by atoms with E-state index in [-0.39, 0.29) is 0 Å². The maximum Gasteiger partial charge on any atom is 0.231 e. The Labute approximate surface area is 102 Å². The maximum absolute atomic E-state index is 5.50. The van der Waals surface area contributed by atoms with E-state index in [9.17, 15) is 0 Å². The molecule has 3 heteroatoms. The van der Waals surface area contributed by atoms with Crippen LogP contribution in [0.4, 0.5) is 0 Å². The van der Waals surface area contributed by atoms with Gasteiger partial charge in [0.1, 0.15) is 0 Å². The first-order valence-corrected chi connectivity index (χ1v) is 6.30. The highest BCUT2D eigenvalue weighted by molar-refractivity contribution is 5.48. The molecule has 1 N–H and O–H groups in total. The molecule has 1 atom stereocenters. The van der Waals surface area contributed by atoms with E-state index >= 15 is 0 Å². The second kappa shape index (κ2) is 3.91. The van der Waals surface area contributed by atoms with Crippen molar-refractivity contribution in [2.24, 2.45) is 5.41 Å². The van der Waals surface area contributed by atoms with Gasteiger partial charge in [0.15, 0.2) is 11.5 Å². The first-order valence-electron chi connectivity index (χ1n) is 6.30. The van der Waals surface area contributed by atoms with Gasteiger partial charge in [0.25, 0.3) is 0 Å². The lowest BCUT2D eigenvalue weighted by atomic mass is 10.0. The van der Waals surface area contributed by atoms with Crippen LogP contribution in [0.25, 0.3) is 0 Å². The summed E-state index contributed by atoms with van der Waals surface area (Å²) in [5.41, 5.74) is 1.70. The van der Waals surface area contributed by atoms with Crippen molar-refractivity contribution < 1.29 is 9.47 Å². The number of benzene rings is 1. The SMILES string of the molecule is CC(NCc1cccc2c1OCO2)C1(C)CC1. The van der Waals surface area contributed by atoms with Crippen molar-refractivity contribution in [3.8, 4) is 11.5 Å². The highest BCUT2D eigenvalue weighted by Crippen LogP contribution is 2.48. The Morgan fingerprint density at radius 2 is 2.18 bits per heavy atom. The van der Waals surface area contributed by atoms with Crippen LogP contribution in [0.5, 0.6) is 11.5 Å². The zero-order valence-corrected chi connectivity index (χ0v) is 10.5. The Bertz CT molecular complexity index is 426. The molecule has 1 aromatic carbocycles. The number of hydrogen-bond donors (Lipinski definition) is 1. The van der Waals surface area contributed by atoms with Crippen molar-refractivity contribution >= 4 is 0 Å². The minimum absolute atomic E-state index is 0.347. The first kappa shape index (κ1) is 10.9. The Balaban J connectivity index is 1.67. The molecule has 1 aliphatic carbocycles. The van der Waals surface area contributed by atoms with Gasteiger partial charge < -0.3 is 14.8 Å². The Morgan fingerprint density at radius 3 is 2.94 bits per heavy atom. The summed E-state index contributed by atoms with van der Waals surface area (Å²) in [6.07, 6.45) is 2.68. The summed E-state index contributed by atoms with van der Waals surface area (Å²) in [6, 6.07) is 6.63. The van der Waals surface area contributed by atoms with Crippen LogP contribution in [0.2, 0.25) is 0 Å². The molecule has 1 fully saturated rings. The van der Waals surface area contributed by atoms with E-state index in [4.69, 9.17) is 9.47 Å². The third-order valence-electron chi connectivity index (χ3n) is 4.16. The van der Waals surface area contributed by atoms with Crippen LogP contribution in [0, 0.1) is 5.41 Å². The molecule has 0 bridgehead atoms. The van der Waals surface area contributed by atoms with E-state index in [2.05, 4.69) is 25.2 Å². The van der Waals surface area contributed by atoms with Crippen molar-refractivity contribution in [2.45, 2.75) is 39.3 Å². The van der Waals surface area contributed by atoms with Crippen molar-refractivity contribution in [1.29, 1.82) is 0 Å². The number of ether oxygens (including phenoxy) is 2. The van der Waals surface area contributed by atoms with Gasteiger partial charge in [-0.15, -0.1) is 0 Å². The lowest BCUT2D eigenvalue weighted by Crippen LogP contribution is -2.32. The zero-order chi connectivity index (χ0) is 11.9. The molecule has 0 aromatic heterocycles. The molecular formula is C14H19NO2. The fourth-order valence-electron chi connectivity index (χ4n) is 2.27. The number of rotatable bonds is 4. The van der Waals surface area contributed by atoms with Gasteiger partial charge in [-0.3, -0.25) is 0 Å². The highest BCUT2D eigenvalue weighted by atomic mass is 16.7. The minimum atomic E-state index is 0.347. The highest BCUT2D eigenvalue weighted by Gasteiger charge is 2.42. The van der Waals surface area contributed by atoms with Gasteiger partial charge in [0.05, 0.1) is 0 Å². The van der Waals surface area contributed by atoms with Crippen molar-refractivity contribution in [3.05, 3.63) is 23.8 Å². The van der Waals surface area contributed by atoms with Crippen LogP contribution < -0.4 is 14.8 Å². The minimum Gasteiger partial charge on any atom is -0.454 e. The second-order valence-electron chi connectivity index (χ2n) is 5.41. The molecule has 0 spiro atoms. The smallest absolute Gasteiger partial charge is 0.231 e. The average Bonchev–Trinajstić information content (AvgIpc) is 2.92. The molecule has 1 heterocycles. The summed E-state index contributed by atoms with van der Waals surface area (Å²) in [6.45, 7) is 5.82. The third-order valence-corrected chi connectivity index (χ3v) is 4.16. The van der Waals surface area contributed by atoms with E-state index in [1.807, 2.05) is 12.1 Å². The number of hydrogen-bond acceptors (Lipinski definition) is 3. The predicted octanol–water partition coefficient (Wildman–Crippen LogP) is 2.69. The summed E-state index contributed by atoms with van der Waals surface area (Å²) in [7, 11) is 0. The predicted molar refractivity (Wildman–Crippen MR) is 66.2 cm³/mol. The van der Waals surface area contributed by atoms with Gasteiger partial charge in [0.2, 0.25) is 6.79 Å². The van der Waals surface area contributed by atoms with E-state index in [1.165, 1.54) is 18.4 Å². The summed E-state index contributed by atoms with van der Waals surface area (Å²) < 4.78 is 10.9. The van der Waals surface area contributed by atoms with Crippen molar-refractivity contribution in [3.63, 3.8) is 0 Å². The van der Waals surface area contributed by atoms with Crippen LogP contribution in [-0.2, 0) is 6.54 Å². The van der Waals surface area contributed by atoms with E-state index in [0.717, 1.165) is 18.0 Å². The Hall–Kier alpha value is -1.22. The molecule has 2 aliphatic rings. The average molecular weight is 233 g/mol. The van der Waals surface area contributed by atoms with Gasteiger partial charge >= 0.3 is 0 Å². The first-order chi connectivity index (χ1) is 8.19. The standard InChI is InChI=1S/C14H19NO2/c1-10(14(2)6-7-14)15-8-11-4-3-5-12-13(11)17-9-16-12/h3-5,10,15H,6-9H2,1-2H3. The molecule has 0 saturated heterocycles. The molecule has 1 unspecified atom stereocenters. The normalized spacial score (nSPS) is 21.3. The Kier molecular flexibility index (Phi) is 2.51. The van der Waals surface area contributed by atoms with Gasteiger partial charge in [-0.2, -0.15) is 0 Å². The molecule has 0 amide bonds. The fourth-order valence-corrected chi connectivity index (χ4v) is 2.27. The van der Waals surface area contributed by atoms with E-state index in [1.54, 1.807) is 0 Å². The molecule has 17 heavy (non-hydrogen) atoms. The van der Waals surface area contributed by atoms with Crippen LogP contribution in [0.15, 0.2) is 18.2 Å². The van der Waals surface area contributed by atoms with Crippen LogP contribution in [0.3, 0.4) is 0 Å². The quantitative estimate of drug-likeness (QED) is 0.867. The lowest BCUT2D eigenvalue weighted by Gasteiger charge is -2.20. The molecule has 1 saturated carbocycles. The molecule has 1 aliphatic heterocycles. The van der Waals surface area contributed by atoms with Crippen molar-refractivity contribution in [2.75, 3.05) is 6.79 Å². The lowest BCUT2D eigenvalue weighted by molar-refractivity contribution is 0.173. The summed E-state index contributed by atoms with van der Waals surface area (Å²) in [5.74, 6) is 1.78. The van der Waals surface area contributed by atoms with Crippen LogP contribution in [0.1, 0.15) is 32.3 Å². The van der Waals surface area contributed by atoms with Gasteiger partial charge in [-0.1, -0.05) is 19.1 Å². The van der Waals surface area contributed by atoms with Gasteiger partial charge in [-0.05, 0) is 31.2 Å². The van der Waals surface area contributed by atoms with E-state index in [0.29, 0.717) is 18.2 Å². The summed E-state index contributed by atoms with van der Waals surface area (Å²) in [4.78, 5) is 0. The maximum atomic E-state index is 5.50. The fraction of sp³-hybridized carbons (Fsp3) is 0.571. The summed E-state index contributed by atoms with van der Waals surface area (Å²) in [5, 5.41) is 3.60. The zero-order valence-electron chi connectivity index (χ0n) is 10.5. The largest absolute Gasteiger partial charge is 0.454 e. The van der Waals surface area contributed by atoms with Gasteiger partial charge in [0, 0.05) is 18.2 Å². The molecule has 3 nitrogen and oxygen atoms in total. The molecule has 0 radical (unpaired) electrons. The van der Waals surface area contributed by atoms with Gasteiger partial charge in [-0.25, -0.2) is 0 Å². The molecule has 92 valence electrons. The molecule has 3 rings (SSSR count). The molecule has 1 aromatic rings. The number of fused-ring (bicyclic) bond motifs is 1. The monoisotopic (exact) mass is 233 g/mol. The number of nitrogens with one attached hydrogen (secondary N) is 1. The second-order valence-corrected chi connectivity index (χ2v) is 5.41. The van der Waals surface area contributed by atoms with E-state index < -0.39 is 0 Å².